The maximum absolute atomic E-state index is 9.79. The van der Waals surface area contributed by atoms with Crippen LogP contribution in [0, 0.1) is 0 Å². The van der Waals surface area contributed by atoms with Crippen LogP contribution < -0.4 is 4.90 Å². The van der Waals surface area contributed by atoms with E-state index in [1.807, 2.05) is 91.0 Å². The molecule has 0 saturated heterocycles. The summed E-state index contributed by atoms with van der Waals surface area (Å²) >= 11 is 0. The van der Waals surface area contributed by atoms with E-state index < -0.39 is 53.1 Å². The Balaban J connectivity index is 1.28. The minimum Gasteiger partial charge on any atom is -0.310 e. The summed E-state index contributed by atoms with van der Waals surface area (Å²) in [4.78, 5) is 1.34. The molecule has 0 atom stereocenters. The van der Waals surface area contributed by atoms with Gasteiger partial charge in [-0.2, -0.15) is 0 Å². The van der Waals surface area contributed by atoms with E-state index in [9.17, 15) is 8.22 Å². The number of nitrogens with zero attached hydrogens (tertiary/aromatic N) is 1. The van der Waals surface area contributed by atoms with E-state index in [0.29, 0.717) is 11.3 Å². The van der Waals surface area contributed by atoms with Gasteiger partial charge < -0.3 is 4.90 Å². The highest BCUT2D eigenvalue weighted by Crippen LogP contribution is 2.57. The van der Waals surface area contributed by atoms with Crippen LogP contribution in [0.15, 0.2) is 200 Å². The number of benzene rings is 8. The third-order valence-electron chi connectivity index (χ3n) is 11.1. The maximum Gasteiger partial charge on any atom is 0.0714 e. The first-order valence-electron chi connectivity index (χ1n) is 22.4. The van der Waals surface area contributed by atoms with Crippen molar-refractivity contribution in [2.24, 2.45) is 0 Å². The third-order valence-corrected chi connectivity index (χ3v) is 11.1. The van der Waals surface area contributed by atoms with Crippen LogP contribution >= 0.6 is 0 Å². The van der Waals surface area contributed by atoms with Gasteiger partial charge in [-0.1, -0.05) is 178 Å². The Hall–Kier alpha value is -6.44. The molecule has 0 fully saturated rings. The van der Waals surface area contributed by atoms with Gasteiger partial charge in [0.15, 0.2) is 0 Å². The molecule has 0 aliphatic heterocycles. The summed E-state index contributed by atoms with van der Waals surface area (Å²) in [6.45, 7) is 4.20. The van der Waals surface area contributed by atoms with Crippen molar-refractivity contribution in [1.29, 1.82) is 0 Å². The van der Waals surface area contributed by atoms with E-state index in [1.54, 1.807) is 6.07 Å². The Morgan fingerprint density at radius 1 is 0.415 bits per heavy atom. The molecule has 0 spiro atoms. The molecule has 2 aliphatic rings. The molecule has 1 heteroatoms. The Labute approximate surface area is 325 Å². The fourth-order valence-electron chi connectivity index (χ4n) is 8.91. The average Bonchev–Trinajstić information content (AvgIpc) is 3.73. The van der Waals surface area contributed by atoms with Crippen LogP contribution in [0.25, 0.3) is 33.4 Å². The molecule has 252 valence electrons. The fraction of sp³-hybridized carbons (Fsp3) is 0.0769. The lowest BCUT2D eigenvalue weighted by molar-refractivity contribution is 0.662. The lowest BCUT2D eigenvalue weighted by atomic mass is 9.67. The molecule has 2 aliphatic carbocycles. The van der Waals surface area contributed by atoms with Gasteiger partial charge in [-0.3, -0.25) is 0 Å². The molecule has 0 radical (unpaired) electrons. The molecule has 0 aromatic heterocycles. The topological polar surface area (TPSA) is 3.24 Å². The highest BCUT2D eigenvalue weighted by molar-refractivity contribution is 5.91. The minimum absolute atomic E-state index is 0.124. The molecule has 8 aromatic rings. The van der Waals surface area contributed by atoms with Gasteiger partial charge in [0.05, 0.1) is 17.8 Å². The van der Waals surface area contributed by atoms with Gasteiger partial charge in [0.2, 0.25) is 0 Å². The number of para-hydroxylation sites is 1. The normalized spacial score (nSPS) is 16.5. The molecule has 0 amide bonds. The smallest absolute Gasteiger partial charge is 0.0714 e. The Kier molecular flexibility index (Phi) is 5.28. The van der Waals surface area contributed by atoms with Crippen molar-refractivity contribution >= 4 is 17.1 Å². The van der Waals surface area contributed by atoms with Gasteiger partial charge >= 0.3 is 0 Å². The lowest BCUT2D eigenvalue weighted by Crippen LogP contribution is -2.28. The Bertz CT molecular complexity index is 3060. The van der Waals surface area contributed by atoms with E-state index in [-0.39, 0.29) is 29.0 Å². The van der Waals surface area contributed by atoms with Crippen molar-refractivity contribution < 1.29 is 12.3 Å². The number of hydrogen-bond donors (Lipinski definition) is 0. The van der Waals surface area contributed by atoms with Crippen LogP contribution in [0.3, 0.4) is 0 Å². The van der Waals surface area contributed by atoms with Crippen LogP contribution in [0.4, 0.5) is 17.1 Å². The van der Waals surface area contributed by atoms with Crippen molar-refractivity contribution in [3.8, 4) is 33.4 Å². The summed E-state index contributed by atoms with van der Waals surface area (Å²) in [5.74, 6) is 0. The molecule has 53 heavy (non-hydrogen) atoms. The van der Waals surface area contributed by atoms with E-state index in [2.05, 4.69) is 62.4 Å². The zero-order valence-electron chi connectivity index (χ0n) is 38.3. The highest BCUT2D eigenvalue weighted by Gasteiger charge is 2.46. The standard InChI is InChI=1S/C52H39N/c1-51(2)47-27-14-12-24-44(47)46-26-16-25-42(50(46)51)36-29-31-40(32-30-36)53(39-21-10-5-11-22-39)41-33-34-45-43-23-13-15-28-48(43)52(49(45)35-41,37-17-6-3-7-18-37)38-19-8-4-9-20-38/h3-35H,1-2H3/i5D,10D,11D,21D,22D,29D,30D,31D,32D. The zero-order valence-corrected chi connectivity index (χ0v) is 29.3. The first-order valence-corrected chi connectivity index (χ1v) is 17.9. The van der Waals surface area contributed by atoms with Gasteiger partial charge in [-0.15, -0.1) is 0 Å². The molecule has 10 rings (SSSR count). The summed E-state index contributed by atoms with van der Waals surface area (Å²) in [5, 5.41) is 0. The summed E-state index contributed by atoms with van der Waals surface area (Å²) in [6, 6.07) is 43.6. The second-order valence-electron chi connectivity index (χ2n) is 14.2. The van der Waals surface area contributed by atoms with Crippen molar-refractivity contribution in [2.45, 2.75) is 24.7 Å². The van der Waals surface area contributed by atoms with Gasteiger partial charge in [0, 0.05) is 22.5 Å². The van der Waals surface area contributed by atoms with Crippen LogP contribution in [0.2, 0.25) is 0 Å². The SMILES string of the molecule is [2H]c1c([2H])c([2H])c(N(c2ccc3c(c2)C(c2ccccc2)(c2ccccc2)c2ccccc2-3)c2c([2H])c([2H])c(-c3cccc4c3C(C)(C)c3ccccc3-4)c([2H])c2[2H])c([2H])c1[2H]. The minimum atomic E-state index is -0.868. The molecule has 1 nitrogen and oxygen atoms in total. The maximum atomic E-state index is 9.79. The molecular weight excluding hydrogens is 639 g/mol. The number of rotatable bonds is 6. The Morgan fingerprint density at radius 2 is 0.943 bits per heavy atom. The van der Waals surface area contributed by atoms with E-state index in [4.69, 9.17) is 4.11 Å². The summed E-state index contributed by atoms with van der Waals surface area (Å²) in [5.41, 5.74) is 8.88. The average molecular weight is 687 g/mol. The van der Waals surface area contributed by atoms with Crippen molar-refractivity contribution in [1.82, 2.24) is 0 Å². The van der Waals surface area contributed by atoms with Crippen molar-refractivity contribution in [2.75, 3.05) is 4.90 Å². The van der Waals surface area contributed by atoms with Crippen LogP contribution in [0.5, 0.6) is 0 Å². The molecule has 0 unspecified atom stereocenters. The predicted molar refractivity (Wildman–Crippen MR) is 221 cm³/mol. The van der Waals surface area contributed by atoms with Crippen molar-refractivity contribution in [3.05, 3.63) is 233 Å². The number of hydrogen-bond acceptors (Lipinski definition) is 1. The van der Waals surface area contributed by atoms with Crippen LogP contribution in [-0.2, 0) is 10.8 Å². The summed E-state index contributed by atoms with van der Waals surface area (Å²) in [6.07, 6.45) is 0. The highest BCUT2D eigenvalue weighted by atomic mass is 15.1. The molecular formula is C52H39N. The van der Waals surface area contributed by atoms with Gasteiger partial charge in [0.25, 0.3) is 0 Å². The van der Waals surface area contributed by atoms with Crippen LogP contribution in [-0.4, -0.2) is 0 Å². The van der Waals surface area contributed by atoms with Gasteiger partial charge in [0.1, 0.15) is 0 Å². The van der Waals surface area contributed by atoms with E-state index in [0.717, 1.165) is 55.6 Å². The van der Waals surface area contributed by atoms with Crippen LogP contribution in [0.1, 0.15) is 59.6 Å². The lowest BCUT2D eigenvalue weighted by Gasteiger charge is -2.35. The zero-order chi connectivity index (χ0) is 43.4. The second kappa shape index (κ2) is 12.1. The predicted octanol–water partition coefficient (Wildman–Crippen LogP) is 13.5. The quantitative estimate of drug-likeness (QED) is 0.168. The number of fused-ring (bicyclic) bond motifs is 6. The van der Waals surface area contributed by atoms with E-state index >= 15 is 0 Å². The second-order valence-corrected chi connectivity index (χ2v) is 14.2. The number of anilines is 3. The molecule has 0 saturated carbocycles. The summed E-state index contributed by atoms with van der Waals surface area (Å²) in [7, 11) is 0. The fourth-order valence-corrected chi connectivity index (χ4v) is 8.91. The largest absolute Gasteiger partial charge is 0.310 e. The third kappa shape index (κ3) is 4.64. The van der Waals surface area contributed by atoms with Gasteiger partial charge in [-0.25, -0.2) is 0 Å². The monoisotopic (exact) mass is 686 g/mol. The van der Waals surface area contributed by atoms with E-state index in [1.165, 1.54) is 4.90 Å². The van der Waals surface area contributed by atoms with Crippen molar-refractivity contribution in [3.63, 3.8) is 0 Å². The summed E-state index contributed by atoms with van der Waals surface area (Å²) < 4.78 is 83.4. The Morgan fingerprint density at radius 3 is 1.62 bits per heavy atom. The van der Waals surface area contributed by atoms with Gasteiger partial charge in [-0.05, 0) is 103 Å². The molecule has 0 heterocycles. The molecule has 8 aromatic carbocycles. The molecule has 0 N–H and O–H groups in total. The first-order chi connectivity index (χ1) is 29.8. The first kappa shape index (κ1) is 23.2. The molecule has 0 bridgehead atoms.